The number of urea groups is 1. The third-order valence-electron chi connectivity index (χ3n) is 3.13. The first-order valence-electron chi connectivity index (χ1n) is 6.54. The molecule has 106 valence electrons. The van der Waals surface area contributed by atoms with E-state index in [9.17, 15) is 9.59 Å². The lowest BCUT2D eigenvalue weighted by Crippen LogP contribution is -2.63. The van der Waals surface area contributed by atoms with Gasteiger partial charge in [0.2, 0.25) is 0 Å². The second-order valence-corrected chi connectivity index (χ2v) is 6.58. The van der Waals surface area contributed by atoms with Gasteiger partial charge in [0.1, 0.15) is 0 Å². The van der Waals surface area contributed by atoms with Gasteiger partial charge in [-0.05, 0) is 6.42 Å². The summed E-state index contributed by atoms with van der Waals surface area (Å²) in [4.78, 5) is 31.8. The molecule has 0 radical (unpaired) electrons. The maximum Gasteiger partial charge on any atom is 0.325 e. The number of thioether (sulfide) groups is 1. The van der Waals surface area contributed by atoms with Gasteiger partial charge in [-0.3, -0.25) is 10.1 Å². The third kappa shape index (κ3) is 2.56. The van der Waals surface area contributed by atoms with Gasteiger partial charge in [0.05, 0.1) is 0 Å². The Balaban J connectivity index is 2.29. The van der Waals surface area contributed by atoms with Crippen LogP contribution in [0.15, 0.2) is 4.99 Å². The van der Waals surface area contributed by atoms with E-state index >= 15 is 0 Å². The average molecular weight is 284 g/mol. The number of hydrogen-bond donors (Lipinski definition) is 1. The van der Waals surface area contributed by atoms with Crippen molar-refractivity contribution in [2.45, 2.75) is 44.6 Å². The van der Waals surface area contributed by atoms with Gasteiger partial charge in [0.15, 0.2) is 17.4 Å². The molecule has 0 spiro atoms. The molecule has 0 aromatic heterocycles. The van der Waals surface area contributed by atoms with Gasteiger partial charge in [-0.2, -0.15) is 0 Å². The summed E-state index contributed by atoms with van der Waals surface area (Å²) in [6.45, 7) is 7.03. The summed E-state index contributed by atoms with van der Waals surface area (Å²) in [5, 5.41) is 3.64. The second kappa shape index (κ2) is 5.40. The third-order valence-corrected chi connectivity index (χ3v) is 4.15. The number of carbonyl (C=O) groups excluding carboxylic acids is 2. The Labute approximate surface area is 117 Å². The lowest BCUT2D eigenvalue weighted by atomic mass is 10.1. The summed E-state index contributed by atoms with van der Waals surface area (Å²) in [6.07, 6.45) is 0.542. The number of nitrogens with zero attached hydrogens (tertiary/aromatic N) is 3. The normalized spacial score (nSPS) is 26.7. The number of aliphatic imine (C=N–C) groups is 1. The molecule has 2 atom stereocenters. The van der Waals surface area contributed by atoms with Crippen LogP contribution in [0.3, 0.4) is 0 Å². The van der Waals surface area contributed by atoms with Crippen LogP contribution in [-0.2, 0) is 4.79 Å². The molecule has 2 rings (SSSR count). The molecule has 1 fully saturated rings. The van der Waals surface area contributed by atoms with Crippen molar-refractivity contribution in [3.05, 3.63) is 0 Å². The molecular formula is C12H20N4O2S. The number of hydrogen-bond acceptors (Lipinski definition) is 5. The number of amidine groups is 1. The number of nitrogens with one attached hydrogen (secondary N) is 1. The van der Waals surface area contributed by atoms with E-state index in [1.54, 1.807) is 18.8 Å². The highest BCUT2D eigenvalue weighted by Crippen LogP contribution is 2.30. The van der Waals surface area contributed by atoms with Crippen molar-refractivity contribution in [2.24, 2.45) is 4.99 Å². The van der Waals surface area contributed by atoms with Crippen molar-refractivity contribution < 1.29 is 9.59 Å². The first-order valence-corrected chi connectivity index (χ1v) is 7.42. The van der Waals surface area contributed by atoms with Crippen LogP contribution in [0.1, 0.15) is 27.2 Å². The highest BCUT2D eigenvalue weighted by atomic mass is 32.2. The molecule has 2 unspecified atom stereocenters. The lowest BCUT2D eigenvalue weighted by molar-refractivity contribution is -0.127. The molecular weight excluding hydrogens is 264 g/mol. The van der Waals surface area contributed by atoms with E-state index in [0.29, 0.717) is 5.25 Å². The fourth-order valence-electron chi connectivity index (χ4n) is 2.29. The Kier molecular flexibility index (Phi) is 4.03. The van der Waals surface area contributed by atoms with Crippen molar-refractivity contribution in [1.82, 2.24) is 15.1 Å². The van der Waals surface area contributed by atoms with Gasteiger partial charge in [-0.1, -0.05) is 32.5 Å². The van der Waals surface area contributed by atoms with E-state index in [2.05, 4.69) is 31.1 Å². The Morgan fingerprint density at radius 3 is 2.68 bits per heavy atom. The fourth-order valence-corrected chi connectivity index (χ4v) is 3.22. The minimum atomic E-state index is -0.394. The quantitative estimate of drug-likeness (QED) is 0.842. The number of carbonyl (C=O) groups is 2. The Morgan fingerprint density at radius 2 is 2.11 bits per heavy atom. The fraction of sp³-hybridized carbons (Fsp3) is 0.750. The molecule has 0 aromatic rings. The summed E-state index contributed by atoms with van der Waals surface area (Å²) in [6, 6.07) is -0.758. The van der Waals surface area contributed by atoms with E-state index in [1.807, 2.05) is 4.90 Å². The van der Waals surface area contributed by atoms with E-state index in [-0.39, 0.29) is 18.0 Å². The highest BCUT2D eigenvalue weighted by molar-refractivity contribution is 8.14. The number of imide groups is 1. The van der Waals surface area contributed by atoms with Crippen molar-refractivity contribution in [3.63, 3.8) is 0 Å². The second-order valence-electron chi connectivity index (χ2n) is 5.04. The first-order chi connectivity index (χ1) is 8.95. The summed E-state index contributed by atoms with van der Waals surface area (Å²) < 4.78 is 0. The Bertz CT molecular complexity index is 424. The van der Waals surface area contributed by atoms with Gasteiger partial charge in [0.25, 0.3) is 5.91 Å². The lowest BCUT2D eigenvalue weighted by Gasteiger charge is -2.36. The topological polar surface area (TPSA) is 65.0 Å². The molecule has 2 heterocycles. The summed E-state index contributed by atoms with van der Waals surface area (Å²) in [7, 11) is 1.68. The molecule has 0 bridgehead atoms. The highest BCUT2D eigenvalue weighted by Gasteiger charge is 2.48. The van der Waals surface area contributed by atoms with Crippen LogP contribution >= 0.6 is 11.8 Å². The van der Waals surface area contributed by atoms with E-state index in [1.165, 1.54) is 4.90 Å². The van der Waals surface area contributed by atoms with Crippen LogP contribution in [0.5, 0.6) is 0 Å². The summed E-state index contributed by atoms with van der Waals surface area (Å²) in [5.41, 5.74) is 0. The first kappa shape index (κ1) is 14.2. The Hall–Kier alpha value is -1.24. The van der Waals surface area contributed by atoms with Crippen LogP contribution in [-0.4, -0.2) is 58.0 Å². The van der Waals surface area contributed by atoms with Crippen molar-refractivity contribution in [3.8, 4) is 0 Å². The number of rotatable bonds is 3. The van der Waals surface area contributed by atoms with Crippen LogP contribution in [0.2, 0.25) is 0 Å². The van der Waals surface area contributed by atoms with Gasteiger partial charge < -0.3 is 9.80 Å². The van der Waals surface area contributed by atoms with Crippen LogP contribution in [0, 0.1) is 0 Å². The molecule has 0 saturated carbocycles. The van der Waals surface area contributed by atoms with E-state index in [0.717, 1.165) is 18.1 Å². The molecule has 0 aromatic carbocycles. The van der Waals surface area contributed by atoms with Crippen LogP contribution < -0.4 is 5.32 Å². The molecule has 19 heavy (non-hydrogen) atoms. The maximum absolute atomic E-state index is 12.1. The van der Waals surface area contributed by atoms with Gasteiger partial charge in [-0.25, -0.2) is 9.79 Å². The molecule has 6 nitrogen and oxygen atoms in total. The number of fused-ring (bicyclic) bond motifs is 1. The molecule has 2 aliphatic rings. The zero-order valence-electron chi connectivity index (χ0n) is 11.7. The molecule has 7 heteroatoms. The summed E-state index contributed by atoms with van der Waals surface area (Å²) >= 11 is 1.64. The van der Waals surface area contributed by atoms with Crippen molar-refractivity contribution in [1.29, 1.82) is 0 Å². The predicted octanol–water partition coefficient (Wildman–Crippen LogP) is 1.09. The minimum absolute atomic E-state index is 0.246. The summed E-state index contributed by atoms with van der Waals surface area (Å²) in [5.74, 6) is -0.246. The van der Waals surface area contributed by atoms with Crippen molar-refractivity contribution >= 4 is 28.9 Å². The van der Waals surface area contributed by atoms with Crippen LogP contribution in [0.4, 0.5) is 4.79 Å². The zero-order valence-corrected chi connectivity index (χ0v) is 12.5. The van der Waals surface area contributed by atoms with Gasteiger partial charge >= 0.3 is 6.03 Å². The molecule has 1 N–H and O–H groups in total. The number of likely N-dealkylation sites (N-methyl/N-ethyl adjacent to an activating group) is 1. The van der Waals surface area contributed by atoms with Crippen molar-refractivity contribution in [2.75, 3.05) is 13.6 Å². The van der Waals surface area contributed by atoms with Crippen LogP contribution in [0.25, 0.3) is 0 Å². The number of amides is 3. The van der Waals surface area contributed by atoms with Gasteiger partial charge in [-0.15, -0.1) is 0 Å². The van der Waals surface area contributed by atoms with Gasteiger partial charge in [0, 0.05) is 18.8 Å². The standard InChI is InChI=1S/C12H20N4O2S/c1-5-6-16-8-9(13-12(16)19-7(2)3)15(4)11(18)14-10(8)17/h7-9H,5-6H2,1-4H3,(H,14,17,18). The minimum Gasteiger partial charge on any atom is -0.336 e. The zero-order chi connectivity index (χ0) is 14.2. The Morgan fingerprint density at radius 1 is 1.42 bits per heavy atom. The van der Waals surface area contributed by atoms with E-state index in [4.69, 9.17) is 0 Å². The molecule has 2 aliphatic heterocycles. The smallest absolute Gasteiger partial charge is 0.325 e. The average Bonchev–Trinajstić information content (AvgIpc) is 2.66. The predicted molar refractivity (Wildman–Crippen MR) is 76.0 cm³/mol. The monoisotopic (exact) mass is 284 g/mol. The molecule has 1 saturated heterocycles. The molecule has 3 amide bonds. The largest absolute Gasteiger partial charge is 0.336 e. The van der Waals surface area contributed by atoms with E-state index < -0.39 is 6.17 Å². The maximum atomic E-state index is 12.1. The molecule has 0 aliphatic carbocycles. The SMILES string of the molecule is CCCN1C(SC(C)C)=NC2C1C(=O)NC(=O)N2C.